The lowest BCUT2D eigenvalue weighted by Crippen LogP contribution is -2.14. The lowest BCUT2D eigenvalue weighted by atomic mass is 10.1. The molecule has 1 unspecified atom stereocenters. The van der Waals surface area contributed by atoms with E-state index in [2.05, 4.69) is 5.10 Å². The quantitative estimate of drug-likeness (QED) is 0.885. The summed E-state index contributed by atoms with van der Waals surface area (Å²) < 4.78 is 12.0. The van der Waals surface area contributed by atoms with Gasteiger partial charge in [0, 0.05) is 19.1 Å². The largest absolute Gasteiger partial charge is 0.469 e. The molecule has 0 aromatic carbocycles. The van der Waals surface area contributed by atoms with Crippen LogP contribution in [0.25, 0.3) is 0 Å². The summed E-state index contributed by atoms with van der Waals surface area (Å²) >= 11 is 6.12. The summed E-state index contributed by atoms with van der Waals surface area (Å²) in [6, 6.07) is 1.76. The average Bonchev–Trinajstić information content (AvgIpc) is 3.02. The van der Waals surface area contributed by atoms with Crippen molar-refractivity contribution in [2.45, 2.75) is 26.0 Å². The van der Waals surface area contributed by atoms with E-state index >= 15 is 0 Å². The van der Waals surface area contributed by atoms with Crippen molar-refractivity contribution in [3.63, 3.8) is 0 Å². The predicted octanol–water partition coefficient (Wildman–Crippen LogP) is 2.42. The highest BCUT2D eigenvalue weighted by atomic mass is 35.5. The van der Waals surface area contributed by atoms with Gasteiger partial charge in [0.25, 0.3) is 0 Å². The molecule has 0 saturated carbocycles. The number of aliphatic hydroxyl groups excluding tert-OH is 1. The first kappa shape index (κ1) is 14.1. The van der Waals surface area contributed by atoms with Gasteiger partial charge < -0.3 is 14.3 Å². The summed E-state index contributed by atoms with van der Waals surface area (Å²) in [4.78, 5) is 0. The molecule has 19 heavy (non-hydrogen) atoms. The van der Waals surface area contributed by atoms with Gasteiger partial charge in [0.15, 0.2) is 0 Å². The van der Waals surface area contributed by atoms with E-state index in [4.69, 9.17) is 20.8 Å². The van der Waals surface area contributed by atoms with E-state index in [-0.39, 0.29) is 0 Å². The first-order chi connectivity index (χ1) is 9.19. The van der Waals surface area contributed by atoms with Crippen molar-refractivity contribution in [2.75, 3.05) is 13.7 Å². The Balaban J connectivity index is 2.32. The number of methoxy groups -OCH3 is 1. The number of ether oxygens (including phenoxy) is 1. The fourth-order valence-electron chi connectivity index (χ4n) is 2.03. The monoisotopic (exact) mass is 284 g/mol. The first-order valence-corrected chi connectivity index (χ1v) is 6.51. The van der Waals surface area contributed by atoms with Gasteiger partial charge in [0.05, 0.1) is 36.3 Å². The Morgan fingerprint density at radius 2 is 2.37 bits per heavy atom. The highest BCUT2D eigenvalue weighted by Crippen LogP contribution is 2.30. The number of nitrogens with zero attached hydrogens (tertiary/aromatic N) is 2. The molecule has 5 nitrogen and oxygen atoms in total. The molecule has 0 radical (unpaired) electrons. The molecule has 2 aromatic heterocycles. The van der Waals surface area contributed by atoms with Gasteiger partial charge >= 0.3 is 0 Å². The molecule has 2 heterocycles. The number of aromatic nitrogens is 2. The highest BCUT2D eigenvalue weighted by molar-refractivity contribution is 6.31. The van der Waals surface area contributed by atoms with E-state index in [0.29, 0.717) is 30.3 Å². The van der Waals surface area contributed by atoms with E-state index in [1.807, 2.05) is 6.92 Å². The number of furan rings is 1. The van der Waals surface area contributed by atoms with Crippen LogP contribution in [0.4, 0.5) is 0 Å². The molecule has 1 N–H and O–H groups in total. The van der Waals surface area contributed by atoms with E-state index in [1.165, 1.54) is 6.20 Å². The van der Waals surface area contributed by atoms with E-state index < -0.39 is 6.10 Å². The van der Waals surface area contributed by atoms with Gasteiger partial charge in [0.2, 0.25) is 0 Å². The second kappa shape index (κ2) is 6.23. The number of halogens is 1. The van der Waals surface area contributed by atoms with Crippen LogP contribution < -0.4 is 0 Å². The summed E-state index contributed by atoms with van der Waals surface area (Å²) in [6.45, 7) is 3.01. The minimum atomic E-state index is -0.847. The minimum Gasteiger partial charge on any atom is -0.469 e. The second-order valence-electron chi connectivity index (χ2n) is 4.15. The van der Waals surface area contributed by atoms with Crippen LogP contribution in [0, 0.1) is 0 Å². The lowest BCUT2D eigenvalue weighted by molar-refractivity contribution is 0.170. The van der Waals surface area contributed by atoms with Crippen molar-refractivity contribution in [3.8, 4) is 0 Å². The zero-order valence-electron chi connectivity index (χ0n) is 11.0. The molecule has 0 aliphatic heterocycles. The van der Waals surface area contributed by atoms with Crippen LogP contribution in [0.15, 0.2) is 22.9 Å². The van der Waals surface area contributed by atoms with Crippen LogP contribution in [-0.4, -0.2) is 28.6 Å². The lowest BCUT2D eigenvalue weighted by Gasteiger charge is -2.14. The second-order valence-corrected chi connectivity index (χ2v) is 4.56. The van der Waals surface area contributed by atoms with Crippen LogP contribution in [0.1, 0.15) is 30.0 Å². The van der Waals surface area contributed by atoms with Gasteiger partial charge in [0.1, 0.15) is 11.9 Å². The SMILES string of the molecule is CCc1occc1C(O)c1c(Cl)cnn1CCOC. The van der Waals surface area contributed by atoms with Crippen LogP contribution in [0.3, 0.4) is 0 Å². The molecule has 1 atom stereocenters. The maximum absolute atomic E-state index is 10.5. The third-order valence-corrected chi connectivity index (χ3v) is 3.29. The molecule has 104 valence electrons. The van der Waals surface area contributed by atoms with Gasteiger partial charge in [-0.1, -0.05) is 18.5 Å². The van der Waals surface area contributed by atoms with E-state index in [9.17, 15) is 5.11 Å². The Morgan fingerprint density at radius 3 is 3.05 bits per heavy atom. The molecule has 0 bridgehead atoms. The van der Waals surface area contributed by atoms with Gasteiger partial charge in [-0.25, -0.2) is 0 Å². The predicted molar refractivity (Wildman–Crippen MR) is 71.3 cm³/mol. The smallest absolute Gasteiger partial charge is 0.126 e. The molecule has 0 saturated heterocycles. The van der Waals surface area contributed by atoms with Crippen molar-refractivity contribution >= 4 is 11.6 Å². The average molecular weight is 285 g/mol. The van der Waals surface area contributed by atoms with E-state index in [0.717, 1.165) is 11.3 Å². The molecule has 0 fully saturated rings. The molecule has 0 spiro atoms. The number of hydrogen-bond acceptors (Lipinski definition) is 4. The number of rotatable bonds is 6. The van der Waals surface area contributed by atoms with Crippen molar-refractivity contribution in [1.29, 1.82) is 0 Å². The summed E-state index contributed by atoms with van der Waals surface area (Å²) in [7, 11) is 1.62. The molecule has 0 amide bonds. The summed E-state index contributed by atoms with van der Waals surface area (Å²) in [5, 5.41) is 15.1. The van der Waals surface area contributed by atoms with Gasteiger partial charge in [-0.15, -0.1) is 0 Å². The highest BCUT2D eigenvalue weighted by Gasteiger charge is 2.23. The summed E-state index contributed by atoms with van der Waals surface area (Å²) in [5.74, 6) is 0.753. The van der Waals surface area contributed by atoms with Crippen molar-refractivity contribution in [2.24, 2.45) is 0 Å². The number of aryl methyl sites for hydroxylation is 1. The summed E-state index contributed by atoms with van der Waals surface area (Å²) in [6.07, 6.45) is 2.96. The van der Waals surface area contributed by atoms with Gasteiger partial charge in [-0.3, -0.25) is 4.68 Å². The Labute approximate surface area is 116 Å². The molecule has 6 heteroatoms. The van der Waals surface area contributed by atoms with E-state index in [1.54, 1.807) is 24.1 Å². The van der Waals surface area contributed by atoms with Gasteiger partial charge in [-0.05, 0) is 6.07 Å². The zero-order valence-corrected chi connectivity index (χ0v) is 11.7. The third-order valence-electron chi connectivity index (χ3n) is 3.00. The molecule has 0 aliphatic carbocycles. The molecular weight excluding hydrogens is 268 g/mol. The van der Waals surface area contributed by atoms with Crippen LogP contribution in [-0.2, 0) is 17.7 Å². The maximum atomic E-state index is 10.5. The molecular formula is C13H17ClN2O3. The first-order valence-electron chi connectivity index (χ1n) is 6.13. The maximum Gasteiger partial charge on any atom is 0.126 e. The Hall–Kier alpha value is -1.30. The van der Waals surface area contributed by atoms with Crippen molar-refractivity contribution in [3.05, 3.63) is 40.6 Å². The van der Waals surface area contributed by atoms with Crippen LogP contribution >= 0.6 is 11.6 Å². The fraction of sp³-hybridized carbons (Fsp3) is 0.462. The Morgan fingerprint density at radius 1 is 1.58 bits per heavy atom. The number of hydrogen-bond donors (Lipinski definition) is 1. The van der Waals surface area contributed by atoms with Crippen LogP contribution in [0.2, 0.25) is 5.02 Å². The molecule has 2 aromatic rings. The molecule has 2 rings (SSSR count). The van der Waals surface area contributed by atoms with Crippen molar-refractivity contribution in [1.82, 2.24) is 9.78 Å². The van der Waals surface area contributed by atoms with Gasteiger partial charge in [-0.2, -0.15) is 5.10 Å². The fourth-order valence-corrected chi connectivity index (χ4v) is 2.27. The third kappa shape index (κ3) is 2.83. The Kier molecular flexibility index (Phi) is 4.63. The van der Waals surface area contributed by atoms with Crippen LogP contribution in [0.5, 0.6) is 0 Å². The normalized spacial score (nSPS) is 12.8. The number of aliphatic hydroxyl groups is 1. The van der Waals surface area contributed by atoms with Crippen molar-refractivity contribution < 1.29 is 14.3 Å². The summed E-state index contributed by atoms with van der Waals surface area (Å²) in [5.41, 5.74) is 1.29. The minimum absolute atomic E-state index is 0.437. The molecule has 0 aliphatic rings. The standard InChI is InChI=1S/C13H17ClN2O3/c1-3-11-9(4-6-19-11)13(17)12-10(14)8-15-16(12)5-7-18-2/h4,6,8,13,17H,3,5,7H2,1-2H3. The zero-order chi connectivity index (χ0) is 13.8. The Bertz CT molecular complexity index is 536. The topological polar surface area (TPSA) is 60.4 Å².